The molecule has 6 nitrogen and oxygen atoms in total. The molecule has 0 amide bonds. The molecule has 0 aliphatic heterocycles. The molecule has 0 saturated heterocycles. The lowest BCUT2D eigenvalue weighted by molar-refractivity contribution is -0.259. The zero-order chi connectivity index (χ0) is 14.3. The Morgan fingerprint density at radius 2 is 1.74 bits per heavy atom. The van der Waals surface area contributed by atoms with Crippen molar-refractivity contribution in [2.45, 2.75) is 19.8 Å². The van der Waals surface area contributed by atoms with Gasteiger partial charge in [-0.1, -0.05) is 18.7 Å². The number of hydrogen-bond donors (Lipinski definition) is 0. The van der Waals surface area contributed by atoms with Crippen LogP contribution in [-0.2, 0) is 28.9 Å². The molecule has 0 saturated carbocycles. The lowest BCUT2D eigenvalue weighted by Crippen LogP contribution is -2.34. The van der Waals surface area contributed by atoms with Gasteiger partial charge in [0, 0.05) is 6.08 Å². The molecule has 0 bridgehead atoms. The van der Waals surface area contributed by atoms with E-state index in [-0.39, 0.29) is 6.61 Å². The standard InChI is InChI=1S/C13H16O6/c1-3-11(14)18-19-13(16)10-8-6-5-7-9(10)12(15)17-4-2/h3,5-6,9-10H,1,4,7-8H2,2H3. The van der Waals surface area contributed by atoms with Crippen molar-refractivity contribution in [3.05, 3.63) is 24.8 Å². The van der Waals surface area contributed by atoms with Crippen LogP contribution in [0.2, 0.25) is 0 Å². The van der Waals surface area contributed by atoms with E-state index < -0.39 is 29.7 Å². The van der Waals surface area contributed by atoms with E-state index in [4.69, 9.17) is 4.74 Å². The number of allylic oxidation sites excluding steroid dienone is 2. The van der Waals surface area contributed by atoms with Gasteiger partial charge >= 0.3 is 17.9 Å². The molecule has 0 aromatic rings. The van der Waals surface area contributed by atoms with E-state index in [1.54, 1.807) is 19.1 Å². The van der Waals surface area contributed by atoms with E-state index in [1.807, 2.05) is 0 Å². The van der Waals surface area contributed by atoms with Crippen LogP contribution >= 0.6 is 0 Å². The highest BCUT2D eigenvalue weighted by molar-refractivity contribution is 5.84. The first-order valence-corrected chi connectivity index (χ1v) is 5.96. The fourth-order valence-electron chi connectivity index (χ4n) is 1.76. The second-order valence-corrected chi connectivity index (χ2v) is 3.92. The van der Waals surface area contributed by atoms with Crippen molar-refractivity contribution in [1.82, 2.24) is 0 Å². The van der Waals surface area contributed by atoms with Crippen LogP contribution in [0.15, 0.2) is 24.8 Å². The molecule has 0 spiro atoms. The zero-order valence-corrected chi connectivity index (χ0v) is 10.7. The predicted molar refractivity (Wildman–Crippen MR) is 64.4 cm³/mol. The third kappa shape index (κ3) is 4.24. The fraction of sp³-hybridized carbons (Fsp3) is 0.462. The summed E-state index contributed by atoms with van der Waals surface area (Å²) in [4.78, 5) is 42.9. The van der Waals surface area contributed by atoms with Crippen molar-refractivity contribution < 1.29 is 28.9 Å². The summed E-state index contributed by atoms with van der Waals surface area (Å²) in [6, 6.07) is 0. The van der Waals surface area contributed by atoms with Crippen molar-refractivity contribution in [2.75, 3.05) is 6.61 Å². The topological polar surface area (TPSA) is 78.9 Å². The Hall–Kier alpha value is -2.11. The smallest absolute Gasteiger partial charge is 0.378 e. The monoisotopic (exact) mass is 268 g/mol. The fourth-order valence-corrected chi connectivity index (χ4v) is 1.76. The summed E-state index contributed by atoms with van der Waals surface area (Å²) in [6.07, 6.45) is 5.19. The maximum atomic E-state index is 11.8. The van der Waals surface area contributed by atoms with Crippen molar-refractivity contribution in [1.29, 1.82) is 0 Å². The highest BCUT2D eigenvalue weighted by Crippen LogP contribution is 2.28. The number of esters is 1. The Bertz CT molecular complexity index is 398. The molecule has 104 valence electrons. The molecule has 0 fully saturated rings. The van der Waals surface area contributed by atoms with Gasteiger partial charge in [0.2, 0.25) is 0 Å². The van der Waals surface area contributed by atoms with Gasteiger partial charge in [-0.25, -0.2) is 19.4 Å². The van der Waals surface area contributed by atoms with Gasteiger partial charge in [0.05, 0.1) is 18.4 Å². The molecular weight excluding hydrogens is 252 g/mol. The van der Waals surface area contributed by atoms with Crippen molar-refractivity contribution in [3.63, 3.8) is 0 Å². The van der Waals surface area contributed by atoms with Crippen LogP contribution in [0.3, 0.4) is 0 Å². The molecule has 0 aromatic heterocycles. The van der Waals surface area contributed by atoms with E-state index >= 15 is 0 Å². The first kappa shape index (κ1) is 14.9. The average Bonchev–Trinajstić information content (AvgIpc) is 2.44. The summed E-state index contributed by atoms with van der Waals surface area (Å²) in [6.45, 7) is 5.10. The molecule has 0 heterocycles. The van der Waals surface area contributed by atoms with E-state index in [9.17, 15) is 14.4 Å². The van der Waals surface area contributed by atoms with Crippen LogP contribution < -0.4 is 0 Å². The largest absolute Gasteiger partial charge is 0.466 e. The van der Waals surface area contributed by atoms with Gasteiger partial charge in [0.25, 0.3) is 0 Å². The molecule has 0 radical (unpaired) electrons. The molecular formula is C13H16O6. The minimum atomic E-state index is -0.868. The molecule has 1 aliphatic carbocycles. The normalized spacial score (nSPS) is 21.3. The van der Waals surface area contributed by atoms with Crippen molar-refractivity contribution >= 4 is 17.9 Å². The van der Waals surface area contributed by atoms with Gasteiger partial charge in [0.1, 0.15) is 0 Å². The summed E-state index contributed by atoms with van der Waals surface area (Å²) < 4.78 is 4.90. The summed E-state index contributed by atoms with van der Waals surface area (Å²) in [5, 5.41) is 0. The summed E-state index contributed by atoms with van der Waals surface area (Å²) in [7, 11) is 0. The lowest BCUT2D eigenvalue weighted by atomic mass is 9.83. The minimum Gasteiger partial charge on any atom is -0.466 e. The second-order valence-electron chi connectivity index (χ2n) is 3.92. The predicted octanol–water partition coefficient (Wildman–Crippen LogP) is 1.32. The molecule has 1 aliphatic rings. The number of carbonyl (C=O) groups is 3. The van der Waals surface area contributed by atoms with Crippen molar-refractivity contribution in [3.8, 4) is 0 Å². The zero-order valence-electron chi connectivity index (χ0n) is 10.7. The third-order valence-electron chi connectivity index (χ3n) is 2.70. The van der Waals surface area contributed by atoms with Gasteiger partial charge in [0.15, 0.2) is 0 Å². The van der Waals surface area contributed by atoms with Gasteiger partial charge in [-0.2, -0.15) is 0 Å². The Morgan fingerprint density at radius 3 is 2.26 bits per heavy atom. The molecule has 6 heteroatoms. The van der Waals surface area contributed by atoms with Gasteiger partial charge in [-0.15, -0.1) is 0 Å². The average molecular weight is 268 g/mol. The minimum absolute atomic E-state index is 0.242. The van der Waals surface area contributed by atoms with E-state index in [1.165, 1.54) is 0 Å². The summed E-state index contributed by atoms with van der Waals surface area (Å²) >= 11 is 0. The molecule has 19 heavy (non-hydrogen) atoms. The Morgan fingerprint density at radius 1 is 1.16 bits per heavy atom. The molecule has 0 N–H and O–H groups in total. The Labute approximate surface area is 110 Å². The van der Waals surface area contributed by atoms with Crippen LogP contribution in [-0.4, -0.2) is 24.5 Å². The number of hydrogen-bond acceptors (Lipinski definition) is 6. The Balaban J connectivity index is 2.64. The molecule has 2 atom stereocenters. The highest BCUT2D eigenvalue weighted by Gasteiger charge is 2.37. The maximum absolute atomic E-state index is 11.8. The van der Waals surface area contributed by atoms with E-state index in [0.29, 0.717) is 12.8 Å². The van der Waals surface area contributed by atoms with E-state index in [2.05, 4.69) is 16.4 Å². The van der Waals surface area contributed by atoms with Crippen LogP contribution in [0.4, 0.5) is 0 Å². The molecule has 0 aromatic carbocycles. The van der Waals surface area contributed by atoms with Crippen LogP contribution in [0.25, 0.3) is 0 Å². The van der Waals surface area contributed by atoms with Gasteiger partial charge in [-0.05, 0) is 19.8 Å². The quantitative estimate of drug-likeness (QED) is 0.251. The molecule has 2 unspecified atom stereocenters. The number of carbonyl (C=O) groups excluding carboxylic acids is 3. The Kier molecular flexibility index (Phi) is 5.78. The third-order valence-corrected chi connectivity index (χ3v) is 2.70. The first-order chi connectivity index (χ1) is 9.10. The van der Waals surface area contributed by atoms with Crippen LogP contribution in [0.5, 0.6) is 0 Å². The summed E-state index contributed by atoms with van der Waals surface area (Å²) in [5.41, 5.74) is 0. The van der Waals surface area contributed by atoms with Crippen molar-refractivity contribution in [2.24, 2.45) is 11.8 Å². The van der Waals surface area contributed by atoms with Gasteiger partial charge in [-0.3, -0.25) is 4.79 Å². The SMILES string of the molecule is C=CC(=O)OOC(=O)C1CC=CCC1C(=O)OCC. The maximum Gasteiger partial charge on any atom is 0.378 e. The van der Waals surface area contributed by atoms with Crippen LogP contribution in [0.1, 0.15) is 19.8 Å². The van der Waals surface area contributed by atoms with Crippen LogP contribution in [0, 0.1) is 11.8 Å². The van der Waals surface area contributed by atoms with E-state index in [0.717, 1.165) is 6.08 Å². The first-order valence-electron chi connectivity index (χ1n) is 5.96. The lowest BCUT2D eigenvalue weighted by Gasteiger charge is -2.23. The number of rotatable bonds is 4. The highest BCUT2D eigenvalue weighted by atomic mass is 17.2. The van der Waals surface area contributed by atoms with Gasteiger partial charge < -0.3 is 4.74 Å². The second kappa shape index (κ2) is 7.35. The molecule has 1 rings (SSSR count). The number of ether oxygens (including phenoxy) is 1. The summed E-state index contributed by atoms with van der Waals surface area (Å²) in [5.74, 6) is -3.41.